The molecule has 1 heterocycles. The van der Waals surface area contributed by atoms with Crippen LogP contribution in [-0.2, 0) is 4.74 Å². The summed E-state index contributed by atoms with van der Waals surface area (Å²) in [5.41, 5.74) is -0.179. The number of nitro groups is 1. The van der Waals surface area contributed by atoms with E-state index in [2.05, 4.69) is 0 Å². The van der Waals surface area contributed by atoms with Crippen LogP contribution in [0.15, 0.2) is 36.0 Å². The van der Waals surface area contributed by atoms with Gasteiger partial charge in [-0.25, -0.2) is 0 Å². The molecule has 0 atom stereocenters. The molecule has 0 unspecified atom stereocenters. The summed E-state index contributed by atoms with van der Waals surface area (Å²) in [6.45, 7) is -0.514. The van der Waals surface area contributed by atoms with Crippen molar-refractivity contribution in [3.05, 3.63) is 57.3 Å². The highest BCUT2D eigenvalue weighted by Crippen LogP contribution is 2.43. The van der Waals surface area contributed by atoms with E-state index in [1.165, 1.54) is 52.7 Å². The molecule has 0 N–H and O–H groups in total. The molecule has 1 aliphatic rings. The minimum Gasteiger partial charge on any atom is -0.497 e. The lowest BCUT2D eigenvalue weighted by Crippen LogP contribution is -2.22. The van der Waals surface area contributed by atoms with Crippen LogP contribution in [0.1, 0.15) is 15.9 Å². The fourth-order valence-corrected chi connectivity index (χ4v) is 3.14. The third-order valence-electron chi connectivity index (χ3n) is 4.62. The van der Waals surface area contributed by atoms with E-state index in [9.17, 15) is 14.9 Å². The first-order chi connectivity index (χ1) is 14.9. The number of hydrogen-bond acceptors (Lipinski definition) is 9. The van der Waals surface area contributed by atoms with Crippen LogP contribution in [0.2, 0.25) is 0 Å². The number of ether oxygens (including phenoxy) is 6. The summed E-state index contributed by atoms with van der Waals surface area (Å²) in [6.07, 6.45) is 0. The van der Waals surface area contributed by atoms with E-state index in [1.54, 1.807) is 6.07 Å². The van der Waals surface area contributed by atoms with Crippen molar-refractivity contribution in [2.45, 2.75) is 0 Å². The Morgan fingerprint density at radius 3 is 2.35 bits per heavy atom. The van der Waals surface area contributed by atoms with E-state index in [4.69, 9.17) is 28.4 Å². The molecule has 0 saturated carbocycles. The lowest BCUT2D eigenvalue weighted by Gasteiger charge is -2.21. The number of carbonyl (C=O) groups excluding carboxylic acids is 1. The number of ketones is 1. The third kappa shape index (κ3) is 4.24. The van der Waals surface area contributed by atoms with E-state index in [-0.39, 0.29) is 47.3 Å². The van der Waals surface area contributed by atoms with Gasteiger partial charge in [0.15, 0.2) is 24.9 Å². The number of hydrogen-bond donors (Lipinski definition) is 0. The maximum absolute atomic E-state index is 13.6. The maximum atomic E-state index is 13.6. The Hall–Kier alpha value is -3.79. The number of Topliss-reactive ketones (excluding diaryl/α,β-unsaturated/α-hetero) is 1. The van der Waals surface area contributed by atoms with Crippen molar-refractivity contribution < 1.29 is 38.1 Å². The van der Waals surface area contributed by atoms with Crippen LogP contribution in [-0.4, -0.2) is 52.5 Å². The molecule has 31 heavy (non-hydrogen) atoms. The molecule has 3 rings (SSSR count). The van der Waals surface area contributed by atoms with E-state index >= 15 is 0 Å². The zero-order chi connectivity index (χ0) is 22.5. The Morgan fingerprint density at radius 1 is 1.03 bits per heavy atom. The topological polar surface area (TPSA) is 116 Å². The van der Waals surface area contributed by atoms with E-state index < -0.39 is 10.7 Å². The van der Waals surface area contributed by atoms with Crippen LogP contribution < -0.4 is 23.7 Å². The van der Waals surface area contributed by atoms with Crippen LogP contribution in [0.3, 0.4) is 0 Å². The van der Waals surface area contributed by atoms with Crippen molar-refractivity contribution >= 4 is 11.4 Å². The van der Waals surface area contributed by atoms with Gasteiger partial charge in [0.2, 0.25) is 5.78 Å². The van der Waals surface area contributed by atoms with Crippen LogP contribution in [0.25, 0.3) is 5.57 Å². The summed E-state index contributed by atoms with van der Waals surface area (Å²) in [5, 5.41) is 11.7. The molecule has 1 aliphatic heterocycles. The Labute approximate surface area is 178 Å². The van der Waals surface area contributed by atoms with Gasteiger partial charge in [0, 0.05) is 24.8 Å². The van der Waals surface area contributed by atoms with Crippen LogP contribution >= 0.6 is 0 Å². The smallest absolute Gasteiger partial charge is 0.295 e. The van der Waals surface area contributed by atoms with Crippen LogP contribution in [0.4, 0.5) is 0 Å². The highest BCUT2D eigenvalue weighted by atomic mass is 16.7. The fourth-order valence-electron chi connectivity index (χ4n) is 3.14. The van der Waals surface area contributed by atoms with Gasteiger partial charge >= 0.3 is 0 Å². The van der Waals surface area contributed by atoms with Gasteiger partial charge in [-0.2, -0.15) is 0 Å². The first-order valence-corrected chi connectivity index (χ1v) is 9.06. The number of methoxy groups -OCH3 is 4. The van der Waals surface area contributed by atoms with Crippen molar-refractivity contribution in [3.63, 3.8) is 0 Å². The molecule has 0 aromatic heterocycles. The molecule has 10 heteroatoms. The van der Waals surface area contributed by atoms with Gasteiger partial charge in [-0.3, -0.25) is 14.9 Å². The summed E-state index contributed by atoms with van der Waals surface area (Å²) in [5.74, 6) is 0.924. The zero-order valence-electron chi connectivity index (χ0n) is 17.4. The summed E-state index contributed by atoms with van der Waals surface area (Å²) >= 11 is 0. The third-order valence-corrected chi connectivity index (χ3v) is 4.62. The molecule has 0 amide bonds. The molecular formula is C21H21NO9. The van der Waals surface area contributed by atoms with Crippen molar-refractivity contribution in [2.24, 2.45) is 0 Å². The minimum absolute atomic E-state index is 0.106. The lowest BCUT2D eigenvalue weighted by molar-refractivity contribution is -0.428. The molecule has 0 spiro atoms. The number of benzene rings is 2. The quantitative estimate of drug-likeness (QED) is 0.256. The van der Waals surface area contributed by atoms with Gasteiger partial charge in [0.05, 0.1) is 31.8 Å². The molecule has 0 bridgehead atoms. The number of nitrogens with zero attached hydrogens (tertiary/aromatic N) is 1. The largest absolute Gasteiger partial charge is 0.497 e. The number of rotatable bonds is 9. The average molecular weight is 431 g/mol. The van der Waals surface area contributed by atoms with Gasteiger partial charge in [-0.05, 0) is 18.2 Å². The van der Waals surface area contributed by atoms with E-state index in [1.807, 2.05) is 0 Å². The summed E-state index contributed by atoms with van der Waals surface area (Å²) in [4.78, 5) is 24.7. The molecule has 2 aromatic rings. The maximum Gasteiger partial charge on any atom is 0.295 e. The number of carbonyl (C=O) groups is 1. The fraction of sp³-hybridized carbons (Fsp3) is 0.286. The Kier molecular flexibility index (Phi) is 6.61. The molecule has 0 aliphatic carbocycles. The molecule has 0 radical (unpaired) electrons. The Bertz CT molecular complexity index is 1050. The summed E-state index contributed by atoms with van der Waals surface area (Å²) < 4.78 is 31.7. The number of fused-ring (bicyclic) bond motifs is 1. The molecular weight excluding hydrogens is 410 g/mol. The highest BCUT2D eigenvalue weighted by molar-refractivity contribution is 6.31. The first-order valence-electron chi connectivity index (χ1n) is 9.06. The number of allylic oxidation sites excluding steroid dienone is 1. The monoisotopic (exact) mass is 431 g/mol. The van der Waals surface area contributed by atoms with Gasteiger partial charge in [0.25, 0.3) is 5.70 Å². The first kappa shape index (κ1) is 21.9. The second-order valence-electron chi connectivity index (χ2n) is 6.31. The van der Waals surface area contributed by atoms with Crippen molar-refractivity contribution in [3.8, 4) is 28.7 Å². The predicted molar refractivity (Wildman–Crippen MR) is 109 cm³/mol. The van der Waals surface area contributed by atoms with Crippen molar-refractivity contribution in [1.29, 1.82) is 0 Å². The Morgan fingerprint density at radius 2 is 1.74 bits per heavy atom. The van der Waals surface area contributed by atoms with Crippen molar-refractivity contribution in [1.82, 2.24) is 0 Å². The highest BCUT2D eigenvalue weighted by Gasteiger charge is 2.35. The molecule has 0 saturated heterocycles. The van der Waals surface area contributed by atoms with Crippen LogP contribution in [0.5, 0.6) is 28.7 Å². The standard InChI is InChI=1S/C21H21NO9/c1-26-11-31-16-7-12(27-2)5-6-13(16)21(23)20-14-8-18(28-3)19(29-4)9-17(14)30-10-15(20)22(24)25/h5-9H,10-11H2,1-4H3. The van der Waals surface area contributed by atoms with E-state index in [0.29, 0.717) is 17.2 Å². The normalized spacial score (nSPS) is 12.5. The average Bonchev–Trinajstić information content (AvgIpc) is 2.80. The van der Waals surface area contributed by atoms with Gasteiger partial charge < -0.3 is 28.4 Å². The summed E-state index contributed by atoms with van der Waals surface area (Å²) in [7, 11) is 5.78. The lowest BCUT2D eigenvalue weighted by atomic mass is 9.92. The van der Waals surface area contributed by atoms with Crippen molar-refractivity contribution in [2.75, 3.05) is 41.8 Å². The molecule has 2 aromatic carbocycles. The van der Waals surface area contributed by atoms with Gasteiger partial charge in [-0.15, -0.1) is 0 Å². The zero-order valence-corrected chi connectivity index (χ0v) is 17.4. The summed E-state index contributed by atoms with van der Waals surface area (Å²) in [6, 6.07) is 7.55. The molecule has 0 fully saturated rings. The van der Waals surface area contributed by atoms with Gasteiger partial charge in [-0.1, -0.05) is 0 Å². The minimum atomic E-state index is -0.633. The predicted octanol–water partition coefficient (Wildman–Crippen LogP) is 2.96. The van der Waals surface area contributed by atoms with E-state index in [0.717, 1.165) is 0 Å². The van der Waals surface area contributed by atoms with Gasteiger partial charge in [0.1, 0.15) is 22.8 Å². The second-order valence-corrected chi connectivity index (χ2v) is 6.31. The second kappa shape index (κ2) is 9.35. The Balaban J connectivity index is 2.20. The SMILES string of the molecule is COCOc1cc(OC)ccc1C(=O)C1=C([N+](=O)[O-])COc2cc(OC)c(OC)cc21. The molecule has 164 valence electrons. The van der Waals surface area contributed by atoms with Crippen LogP contribution in [0, 0.1) is 10.1 Å². The molecule has 10 nitrogen and oxygen atoms in total.